The van der Waals surface area contributed by atoms with E-state index in [1.807, 2.05) is 0 Å². The quantitative estimate of drug-likeness (QED) is 0.804. The lowest BCUT2D eigenvalue weighted by molar-refractivity contribution is -0.135. The van der Waals surface area contributed by atoms with Crippen LogP contribution in [-0.2, 0) is 14.8 Å². The van der Waals surface area contributed by atoms with Crippen molar-refractivity contribution in [1.29, 1.82) is 0 Å². The van der Waals surface area contributed by atoms with Crippen LogP contribution < -0.4 is 4.74 Å². The highest BCUT2D eigenvalue weighted by Crippen LogP contribution is 2.31. The van der Waals surface area contributed by atoms with Crippen LogP contribution >= 0.6 is 12.6 Å². The Labute approximate surface area is 154 Å². The van der Waals surface area contributed by atoms with Crippen LogP contribution in [0.2, 0.25) is 0 Å². The predicted octanol–water partition coefficient (Wildman–Crippen LogP) is 1.77. The van der Waals surface area contributed by atoms with Gasteiger partial charge in [0.2, 0.25) is 15.9 Å². The predicted molar refractivity (Wildman–Crippen MR) is 98.5 cm³/mol. The fraction of sp³-hybridized carbons (Fsp3) is 0.588. The van der Waals surface area contributed by atoms with E-state index in [0.29, 0.717) is 25.3 Å². The van der Waals surface area contributed by atoms with Crippen LogP contribution in [-0.4, -0.2) is 61.6 Å². The molecule has 2 atom stereocenters. The van der Waals surface area contributed by atoms with E-state index in [4.69, 9.17) is 4.74 Å². The van der Waals surface area contributed by atoms with E-state index < -0.39 is 16.1 Å². The van der Waals surface area contributed by atoms with Crippen LogP contribution in [0, 0.1) is 0 Å². The van der Waals surface area contributed by atoms with Gasteiger partial charge in [-0.1, -0.05) is 0 Å². The molecule has 0 radical (unpaired) electrons. The summed E-state index contributed by atoms with van der Waals surface area (Å²) < 4.78 is 32.5. The van der Waals surface area contributed by atoms with Crippen molar-refractivity contribution in [3.63, 3.8) is 0 Å². The lowest BCUT2D eigenvalue weighted by Crippen LogP contribution is -2.49. The van der Waals surface area contributed by atoms with Gasteiger partial charge in [-0.3, -0.25) is 4.79 Å². The first-order valence-electron chi connectivity index (χ1n) is 8.56. The van der Waals surface area contributed by atoms with Crippen LogP contribution in [0.4, 0.5) is 0 Å². The summed E-state index contributed by atoms with van der Waals surface area (Å²) in [6.07, 6.45) is 3.54. The van der Waals surface area contributed by atoms with Gasteiger partial charge in [-0.05, 0) is 49.9 Å². The molecule has 0 aromatic heterocycles. The molecular formula is C17H24N2O4S2. The first kappa shape index (κ1) is 18.5. The lowest BCUT2D eigenvalue weighted by Gasteiger charge is -2.32. The van der Waals surface area contributed by atoms with Gasteiger partial charge < -0.3 is 9.64 Å². The summed E-state index contributed by atoms with van der Waals surface area (Å²) in [5, 5.41) is -0.133. The average Bonchev–Trinajstić information content (AvgIpc) is 3.04. The maximum atomic E-state index is 13.1. The standard InChI is InChI=1S/C17H24N2O4S2/c1-23-13-5-7-15(8-6-13)25(21,22)19-12-14(24)11-16(19)17(20)18-9-3-2-4-10-18/h5-8,14,16,24H,2-4,9-12H2,1H3. The molecule has 2 fully saturated rings. The number of sulfonamides is 1. The summed E-state index contributed by atoms with van der Waals surface area (Å²) in [5.41, 5.74) is 0. The van der Waals surface area contributed by atoms with Crippen LogP contribution in [0.3, 0.4) is 0 Å². The molecule has 3 rings (SSSR count). The third kappa shape index (κ3) is 3.80. The number of carbonyl (C=O) groups is 1. The van der Waals surface area contributed by atoms with Crippen LogP contribution in [0.15, 0.2) is 29.2 Å². The van der Waals surface area contributed by atoms with Crippen molar-refractivity contribution in [3.8, 4) is 5.75 Å². The molecule has 2 aliphatic heterocycles. The molecule has 1 aromatic rings. The molecule has 0 aliphatic carbocycles. The Balaban J connectivity index is 1.85. The fourth-order valence-electron chi connectivity index (χ4n) is 3.48. The van der Waals surface area contributed by atoms with Gasteiger partial charge in [-0.25, -0.2) is 8.42 Å². The number of piperidine rings is 1. The zero-order valence-electron chi connectivity index (χ0n) is 14.3. The number of carbonyl (C=O) groups excluding carboxylic acids is 1. The molecule has 0 N–H and O–H groups in total. The summed E-state index contributed by atoms with van der Waals surface area (Å²) in [5.74, 6) is 0.502. The highest BCUT2D eigenvalue weighted by atomic mass is 32.2. The smallest absolute Gasteiger partial charge is 0.243 e. The molecule has 2 aliphatic rings. The third-order valence-electron chi connectivity index (χ3n) is 4.85. The van der Waals surface area contributed by atoms with Gasteiger partial charge in [-0.2, -0.15) is 16.9 Å². The topological polar surface area (TPSA) is 66.9 Å². The van der Waals surface area contributed by atoms with Crippen molar-refractivity contribution in [2.75, 3.05) is 26.7 Å². The Morgan fingerprint density at radius 2 is 1.80 bits per heavy atom. The first-order chi connectivity index (χ1) is 11.9. The Morgan fingerprint density at radius 1 is 1.16 bits per heavy atom. The van der Waals surface area contributed by atoms with Crippen molar-refractivity contribution < 1.29 is 17.9 Å². The third-order valence-corrected chi connectivity index (χ3v) is 7.12. The van der Waals surface area contributed by atoms with Crippen LogP contribution in [0.5, 0.6) is 5.75 Å². The second-order valence-electron chi connectivity index (χ2n) is 6.54. The zero-order valence-corrected chi connectivity index (χ0v) is 16.0. The second kappa shape index (κ2) is 7.55. The van der Waals surface area contributed by atoms with E-state index in [9.17, 15) is 13.2 Å². The number of nitrogens with zero attached hydrogens (tertiary/aromatic N) is 2. The molecule has 2 unspecified atom stereocenters. The molecule has 8 heteroatoms. The molecule has 138 valence electrons. The number of thiol groups is 1. The van der Waals surface area contributed by atoms with Gasteiger partial charge >= 0.3 is 0 Å². The Hall–Kier alpha value is -1.25. The average molecular weight is 385 g/mol. The molecule has 0 bridgehead atoms. The largest absolute Gasteiger partial charge is 0.497 e. The van der Waals surface area contributed by atoms with E-state index in [-0.39, 0.29) is 22.6 Å². The van der Waals surface area contributed by atoms with Crippen molar-refractivity contribution in [2.45, 2.75) is 41.9 Å². The van der Waals surface area contributed by atoms with Crippen molar-refractivity contribution in [2.24, 2.45) is 0 Å². The monoisotopic (exact) mass is 384 g/mol. The summed E-state index contributed by atoms with van der Waals surface area (Å²) in [6.45, 7) is 1.67. The lowest BCUT2D eigenvalue weighted by atomic mass is 10.1. The molecule has 25 heavy (non-hydrogen) atoms. The number of amides is 1. The van der Waals surface area contributed by atoms with Crippen molar-refractivity contribution in [3.05, 3.63) is 24.3 Å². The van der Waals surface area contributed by atoms with E-state index in [1.165, 1.54) is 23.5 Å². The minimum atomic E-state index is -3.75. The van der Waals surface area contributed by atoms with Crippen molar-refractivity contribution >= 4 is 28.6 Å². The number of ether oxygens (including phenoxy) is 1. The number of methoxy groups -OCH3 is 1. The minimum absolute atomic E-state index is 0.0895. The van der Waals surface area contributed by atoms with Gasteiger partial charge in [0, 0.05) is 24.9 Å². The highest BCUT2D eigenvalue weighted by Gasteiger charge is 2.44. The molecule has 2 saturated heterocycles. The number of hydrogen-bond donors (Lipinski definition) is 1. The maximum Gasteiger partial charge on any atom is 0.243 e. The molecule has 1 aromatic carbocycles. The highest BCUT2D eigenvalue weighted by molar-refractivity contribution is 7.89. The van der Waals surface area contributed by atoms with E-state index >= 15 is 0 Å². The molecule has 6 nitrogen and oxygen atoms in total. The number of benzene rings is 1. The number of rotatable bonds is 4. The van der Waals surface area contributed by atoms with Gasteiger partial charge in [-0.15, -0.1) is 0 Å². The van der Waals surface area contributed by atoms with E-state index in [0.717, 1.165) is 19.3 Å². The molecule has 0 saturated carbocycles. The maximum absolute atomic E-state index is 13.1. The van der Waals surface area contributed by atoms with Crippen LogP contribution in [0.25, 0.3) is 0 Å². The Morgan fingerprint density at radius 3 is 2.40 bits per heavy atom. The van der Waals surface area contributed by atoms with Gasteiger partial charge in [0.15, 0.2) is 0 Å². The molecule has 0 spiro atoms. The second-order valence-corrected chi connectivity index (χ2v) is 9.16. The molecule has 2 heterocycles. The van der Waals surface area contributed by atoms with Gasteiger partial charge in [0.25, 0.3) is 0 Å². The van der Waals surface area contributed by atoms with Gasteiger partial charge in [0.05, 0.1) is 12.0 Å². The van der Waals surface area contributed by atoms with E-state index in [2.05, 4.69) is 12.6 Å². The zero-order chi connectivity index (χ0) is 18.0. The first-order valence-corrected chi connectivity index (χ1v) is 10.5. The minimum Gasteiger partial charge on any atom is -0.497 e. The normalized spacial score (nSPS) is 25.1. The summed E-state index contributed by atoms with van der Waals surface area (Å²) in [7, 11) is -2.22. The van der Waals surface area contributed by atoms with Crippen molar-refractivity contribution in [1.82, 2.24) is 9.21 Å². The fourth-order valence-corrected chi connectivity index (χ4v) is 5.61. The SMILES string of the molecule is COc1ccc(S(=O)(=O)N2CC(S)CC2C(=O)N2CCCCC2)cc1. The molecular weight excluding hydrogens is 360 g/mol. The number of hydrogen-bond acceptors (Lipinski definition) is 5. The summed E-state index contributed by atoms with van der Waals surface area (Å²) in [4.78, 5) is 14.9. The Bertz CT molecular complexity index is 715. The summed E-state index contributed by atoms with van der Waals surface area (Å²) >= 11 is 4.45. The molecule has 1 amide bonds. The van der Waals surface area contributed by atoms with Crippen LogP contribution in [0.1, 0.15) is 25.7 Å². The summed E-state index contributed by atoms with van der Waals surface area (Å²) in [6, 6.07) is 5.60. The number of likely N-dealkylation sites (tertiary alicyclic amines) is 1. The van der Waals surface area contributed by atoms with E-state index in [1.54, 1.807) is 17.0 Å². The van der Waals surface area contributed by atoms with Gasteiger partial charge in [0.1, 0.15) is 11.8 Å². The Kier molecular flexibility index (Phi) is 5.60.